The Bertz CT molecular complexity index is 2800. The highest BCUT2D eigenvalue weighted by Gasteiger charge is 2.15. The van der Waals surface area contributed by atoms with Crippen molar-refractivity contribution in [3.8, 4) is 39.1 Å². The van der Waals surface area contributed by atoms with Crippen LogP contribution in [-0.4, -0.2) is 14.5 Å². The first-order chi connectivity index (χ1) is 24.2. The largest absolute Gasteiger partial charge is 0.309 e. The topological polar surface area (TPSA) is 30.7 Å². The minimum absolute atomic E-state index is 0.995. The Labute approximate surface area is 283 Å². The van der Waals surface area contributed by atoms with Gasteiger partial charge in [-0.1, -0.05) is 91.0 Å². The molecule has 3 heterocycles. The summed E-state index contributed by atoms with van der Waals surface area (Å²) < 4.78 is 2.39. The van der Waals surface area contributed by atoms with Crippen LogP contribution in [0.2, 0.25) is 0 Å². The molecule has 0 aliphatic carbocycles. The number of aromatic nitrogens is 3. The molecule has 10 rings (SSSR count). The smallest absolute Gasteiger partial charge is 0.0702 e. The summed E-state index contributed by atoms with van der Waals surface area (Å²) >= 11 is 0. The van der Waals surface area contributed by atoms with E-state index in [1.165, 1.54) is 38.1 Å². The predicted molar refractivity (Wildman–Crippen MR) is 205 cm³/mol. The highest BCUT2D eigenvalue weighted by atomic mass is 15.0. The van der Waals surface area contributed by atoms with Crippen molar-refractivity contribution in [1.82, 2.24) is 14.5 Å². The Hall–Kier alpha value is -6.58. The Balaban J connectivity index is 1.18. The van der Waals surface area contributed by atoms with Gasteiger partial charge in [-0.2, -0.15) is 0 Å². The Morgan fingerprint density at radius 1 is 0.327 bits per heavy atom. The maximum absolute atomic E-state index is 4.81. The summed E-state index contributed by atoms with van der Waals surface area (Å²) in [5.74, 6) is 0. The standard InChI is InChI=1S/C46H29N3/c1-2-10-31-26-40(19-17-30(31)9-1)49-45-16-8-5-13-41(45)42-27-32(18-20-46(42)49)35-23-36(38-21-33-11-3-6-14-43(33)47-28-38)25-37(24-35)39-22-34-12-4-7-15-44(34)48-29-39/h1-29H. The molecule has 0 radical (unpaired) electrons. The van der Waals surface area contributed by atoms with Crippen molar-refractivity contribution in [3.63, 3.8) is 0 Å². The van der Waals surface area contributed by atoms with Gasteiger partial charge in [0.05, 0.1) is 22.1 Å². The molecule has 0 bridgehead atoms. The van der Waals surface area contributed by atoms with Crippen LogP contribution in [0.25, 0.3) is 93.5 Å². The Kier molecular flexibility index (Phi) is 6.18. The van der Waals surface area contributed by atoms with Crippen molar-refractivity contribution in [2.45, 2.75) is 0 Å². The molecule has 0 amide bonds. The van der Waals surface area contributed by atoms with Crippen molar-refractivity contribution >= 4 is 54.4 Å². The van der Waals surface area contributed by atoms with E-state index in [1.54, 1.807) is 0 Å². The number of benzene rings is 7. The zero-order valence-electron chi connectivity index (χ0n) is 26.6. The van der Waals surface area contributed by atoms with E-state index in [-0.39, 0.29) is 0 Å². The fourth-order valence-corrected chi connectivity index (χ4v) is 7.33. The molecule has 0 N–H and O–H groups in total. The molecule has 3 nitrogen and oxygen atoms in total. The lowest BCUT2D eigenvalue weighted by Gasteiger charge is -2.13. The van der Waals surface area contributed by atoms with Crippen LogP contribution in [0, 0.1) is 0 Å². The zero-order chi connectivity index (χ0) is 32.3. The molecule has 0 aliphatic heterocycles. The summed E-state index contributed by atoms with van der Waals surface area (Å²) in [5.41, 5.74) is 12.3. The van der Waals surface area contributed by atoms with Crippen molar-refractivity contribution in [3.05, 3.63) is 176 Å². The maximum Gasteiger partial charge on any atom is 0.0702 e. The van der Waals surface area contributed by atoms with Gasteiger partial charge in [0.25, 0.3) is 0 Å². The Morgan fingerprint density at radius 2 is 0.878 bits per heavy atom. The monoisotopic (exact) mass is 623 g/mol. The summed E-state index contributed by atoms with van der Waals surface area (Å²) in [6.45, 7) is 0. The second-order valence-corrected chi connectivity index (χ2v) is 12.7. The van der Waals surface area contributed by atoms with Gasteiger partial charge in [0, 0.05) is 50.8 Å². The number of para-hydroxylation sites is 3. The van der Waals surface area contributed by atoms with Crippen LogP contribution < -0.4 is 0 Å². The molecule has 0 fully saturated rings. The van der Waals surface area contributed by atoms with E-state index in [0.29, 0.717) is 0 Å². The molecule has 0 saturated carbocycles. The number of nitrogens with zero attached hydrogens (tertiary/aromatic N) is 3. The molecule has 0 aliphatic rings. The number of rotatable bonds is 4. The second kappa shape index (κ2) is 11.0. The first-order valence-corrected chi connectivity index (χ1v) is 16.6. The highest BCUT2D eigenvalue weighted by molar-refractivity contribution is 6.11. The third-order valence-electron chi connectivity index (χ3n) is 9.78. The Morgan fingerprint density at radius 3 is 1.57 bits per heavy atom. The lowest BCUT2D eigenvalue weighted by Crippen LogP contribution is -1.93. The summed E-state index contributed by atoms with van der Waals surface area (Å²) in [7, 11) is 0. The van der Waals surface area contributed by atoms with Crippen LogP contribution in [0.1, 0.15) is 0 Å². The van der Waals surface area contributed by atoms with Crippen molar-refractivity contribution in [2.24, 2.45) is 0 Å². The number of pyridine rings is 2. The van der Waals surface area contributed by atoms with Gasteiger partial charge in [-0.3, -0.25) is 9.97 Å². The fourth-order valence-electron chi connectivity index (χ4n) is 7.33. The maximum atomic E-state index is 4.81. The average molecular weight is 624 g/mol. The average Bonchev–Trinajstić information content (AvgIpc) is 3.51. The molecule has 49 heavy (non-hydrogen) atoms. The lowest BCUT2D eigenvalue weighted by molar-refractivity contribution is 1.19. The van der Waals surface area contributed by atoms with Crippen molar-refractivity contribution < 1.29 is 0 Å². The van der Waals surface area contributed by atoms with E-state index in [1.807, 2.05) is 24.5 Å². The quantitative estimate of drug-likeness (QED) is 0.195. The van der Waals surface area contributed by atoms with E-state index in [4.69, 9.17) is 9.97 Å². The first kappa shape index (κ1) is 27.5. The fraction of sp³-hybridized carbons (Fsp3) is 0. The molecule has 0 saturated heterocycles. The van der Waals surface area contributed by atoms with Gasteiger partial charge in [0.1, 0.15) is 0 Å². The molecule has 3 heteroatoms. The molecular formula is C46H29N3. The van der Waals surface area contributed by atoms with Gasteiger partial charge in [-0.05, 0) is 106 Å². The first-order valence-electron chi connectivity index (χ1n) is 16.6. The van der Waals surface area contributed by atoms with Crippen LogP contribution in [-0.2, 0) is 0 Å². The van der Waals surface area contributed by atoms with Gasteiger partial charge in [-0.25, -0.2) is 0 Å². The molecule has 0 spiro atoms. The summed E-state index contributed by atoms with van der Waals surface area (Å²) in [6.07, 6.45) is 3.98. The van der Waals surface area contributed by atoms with Gasteiger partial charge < -0.3 is 4.57 Å². The normalized spacial score (nSPS) is 11.7. The van der Waals surface area contributed by atoms with E-state index < -0.39 is 0 Å². The van der Waals surface area contributed by atoms with Crippen LogP contribution in [0.4, 0.5) is 0 Å². The van der Waals surface area contributed by atoms with Gasteiger partial charge in [0.15, 0.2) is 0 Å². The zero-order valence-corrected chi connectivity index (χ0v) is 26.6. The minimum Gasteiger partial charge on any atom is -0.309 e. The third-order valence-corrected chi connectivity index (χ3v) is 9.78. The minimum atomic E-state index is 0.995. The number of fused-ring (bicyclic) bond motifs is 6. The molecule has 10 aromatic rings. The van der Waals surface area contributed by atoms with Gasteiger partial charge in [0.2, 0.25) is 0 Å². The summed E-state index contributed by atoms with van der Waals surface area (Å²) in [6, 6.07) is 58.9. The third kappa shape index (κ3) is 4.67. The van der Waals surface area contributed by atoms with E-state index in [2.05, 4.69) is 156 Å². The van der Waals surface area contributed by atoms with Crippen molar-refractivity contribution in [1.29, 1.82) is 0 Å². The molecule has 0 unspecified atom stereocenters. The van der Waals surface area contributed by atoms with E-state index in [9.17, 15) is 0 Å². The van der Waals surface area contributed by atoms with E-state index in [0.717, 1.165) is 55.3 Å². The molecule has 228 valence electrons. The van der Waals surface area contributed by atoms with E-state index >= 15 is 0 Å². The SMILES string of the molecule is c1ccc2cc(-n3c4ccccc4c4cc(-c5cc(-c6cnc7ccccc7c6)cc(-c6cnc7ccccc7c6)c5)ccc43)ccc2c1. The van der Waals surface area contributed by atoms with Crippen LogP contribution >= 0.6 is 0 Å². The second-order valence-electron chi connectivity index (χ2n) is 12.7. The molecular weight excluding hydrogens is 595 g/mol. The van der Waals surface area contributed by atoms with Crippen LogP contribution in [0.5, 0.6) is 0 Å². The lowest BCUT2D eigenvalue weighted by atomic mass is 9.93. The molecule has 7 aromatic carbocycles. The summed E-state index contributed by atoms with van der Waals surface area (Å²) in [4.78, 5) is 9.63. The van der Waals surface area contributed by atoms with Gasteiger partial charge >= 0.3 is 0 Å². The number of hydrogen-bond donors (Lipinski definition) is 0. The highest BCUT2D eigenvalue weighted by Crippen LogP contribution is 2.38. The van der Waals surface area contributed by atoms with Gasteiger partial charge in [-0.15, -0.1) is 0 Å². The number of hydrogen-bond acceptors (Lipinski definition) is 2. The van der Waals surface area contributed by atoms with Crippen LogP contribution in [0.3, 0.4) is 0 Å². The molecule has 0 atom stereocenters. The summed E-state index contributed by atoms with van der Waals surface area (Å²) in [5, 5.41) is 7.20. The van der Waals surface area contributed by atoms with Crippen molar-refractivity contribution in [2.75, 3.05) is 0 Å². The molecule has 3 aromatic heterocycles. The van der Waals surface area contributed by atoms with Crippen LogP contribution in [0.15, 0.2) is 176 Å². The predicted octanol–water partition coefficient (Wildman–Crippen LogP) is 12.0.